The molecule has 2 aliphatic rings. The first-order valence-corrected chi connectivity index (χ1v) is 22.6. The van der Waals surface area contributed by atoms with Gasteiger partial charge in [0.1, 0.15) is 41.8 Å². The number of aromatic amines is 2. The number of hydrogen-bond acceptors (Lipinski definition) is 14. The van der Waals surface area contributed by atoms with E-state index in [0.717, 1.165) is 56.3 Å². The molecule has 2 aliphatic heterocycles. The van der Waals surface area contributed by atoms with Crippen molar-refractivity contribution in [1.29, 1.82) is 0 Å². The van der Waals surface area contributed by atoms with Gasteiger partial charge in [0.15, 0.2) is 0 Å². The first kappa shape index (κ1) is 61.9. The molecule has 77 heavy (non-hydrogen) atoms. The van der Waals surface area contributed by atoms with Crippen molar-refractivity contribution >= 4 is 24.0 Å². The maximum Gasteiger partial charge on any atom is 0.471 e. The summed E-state index contributed by atoms with van der Waals surface area (Å²) in [6, 6.07) is 24.3. The van der Waals surface area contributed by atoms with Gasteiger partial charge in [0.05, 0.1) is 50.8 Å². The van der Waals surface area contributed by atoms with Crippen LogP contribution in [0.15, 0.2) is 123 Å². The minimum atomic E-state index is -5.05. The number of hydrogen-bond donors (Lipinski definition) is 7. The van der Waals surface area contributed by atoms with Gasteiger partial charge in [-0.25, -0.2) is 9.59 Å². The summed E-state index contributed by atoms with van der Waals surface area (Å²) in [4.78, 5) is 74.7. The third-order valence-corrected chi connectivity index (χ3v) is 11.7. The van der Waals surface area contributed by atoms with Crippen LogP contribution in [-0.4, -0.2) is 124 Å². The van der Waals surface area contributed by atoms with E-state index in [1.807, 2.05) is 83.8 Å². The second-order valence-electron chi connectivity index (χ2n) is 16.6. The van der Waals surface area contributed by atoms with Crippen LogP contribution in [0.5, 0.6) is 11.5 Å². The maximum absolute atomic E-state index is 12.8. The number of benzene rings is 3. The summed E-state index contributed by atoms with van der Waals surface area (Å²) in [5.74, 6) is -2.97. The number of halogens is 6. The number of ether oxygens (including phenoxy) is 5. The SMILES string of the molecule is C.C.COc1ccc(C(OCC2OC(n3cc(/C=C/CNC(=O)C(F)(F)F)c(=O)[nH]c3=O)CC2O)(c2ccccc2)c2ccc(OC)cc2)cc1.O=C(NC/C=C/c1cn(C2CC(O)C(CO)O2)c(=O)[nH]c1=O)C(F)(F)F. The lowest BCUT2D eigenvalue weighted by Gasteiger charge is -2.37. The molecule has 4 heterocycles. The van der Waals surface area contributed by atoms with Gasteiger partial charge in [-0.2, -0.15) is 26.3 Å². The third-order valence-electron chi connectivity index (χ3n) is 11.7. The fourth-order valence-electron chi connectivity index (χ4n) is 7.91. The fraction of sp³-hybridized carbons (Fsp3) is 0.373. The molecule has 0 bridgehead atoms. The topological polar surface area (TPSA) is 275 Å². The van der Waals surface area contributed by atoms with Crippen LogP contribution in [0.25, 0.3) is 12.2 Å². The van der Waals surface area contributed by atoms with E-state index in [4.69, 9.17) is 28.8 Å². The lowest BCUT2D eigenvalue weighted by Crippen LogP contribution is -2.38. The van der Waals surface area contributed by atoms with Crippen LogP contribution < -0.4 is 42.6 Å². The fourth-order valence-corrected chi connectivity index (χ4v) is 7.91. The normalized spacial score (nSPS) is 19.4. The highest BCUT2D eigenvalue weighted by Gasteiger charge is 2.43. The predicted octanol–water partition coefficient (Wildman–Crippen LogP) is 4.04. The largest absolute Gasteiger partial charge is 0.497 e. The molecule has 2 fully saturated rings. The molecule has 2 aromatic heterocycles. The van der Waals surface area contributed by atoms with Crippen molar-refractivity contribution in [3.8, 4) is 11.5 Å². The Morgan fingerprint density at radius 3 is 1.42 bits per heavy atom. The molecule has 3 aromatic carbocycles. The Labute approximate surface area is 435 Å². The molecule has 26 heteroatoms. The number of aliphatic hydroxyl groups is 3. The number of carbonyl (C=O) groups excluding carboxylic acids is 2. The molecule has 5 aromatic rings. The van der Waals surface area contributed by atoms with Crippen LogP contribution in [-0.2, 0) is 29.4 Å². The Balaban J connectivity index is 0.000000388. The molecule has 0 saturated carbocycles. The van der Waals surface area contributed by atoms with Gasteiger partial charge in [0.25, 0.3) is 11.1 Å². The highest BCUT2D eigenvalue weighted by Crippen LogP contribution is 2.43. The number of alkyl halides is 6. The van der Waals surface area contributed by atoms with Crippen molar-refractivity contribution in [2.24, 2.45) is 0 Å². The number of rotatable bonds is 17. The van der Waals surface area contributed by atoms with Gasteiger partial charge in [-0.15, -0.1) is 0 Å². The second-order valence-corrected chi connectivity index (χ2v) is 16.6. The number of methoxy groups -OCH3 is 2. The van der Waals surface area contributed by atoms with Crippen LogP contribution in [0.1, 0.15) is 68.0 Å². The highest BCUT2D eigenvalue weighted by molar-refractivity contribution is 5.82. The minimum Gasteiger partial charge on any atom is -0.497 e. The van der Waals surface area contributed by atoms with Crippen LogP contribution in [0.4, 0.5) is 26.3 Å². The Hall–Kier alpha value is -7.62. The minimum absolute atomic E-state index is 0. The zero-order valence-electron chi connectivity index (χ0n) is 39.7. The lowest BCUT2D eigenvalue weighted by molar-refractivity contribution is -0.173. The molecule has 2 saturated heterocycles. The highest BCUT2D eigenvalue weighted by atomic mass is 19.4. The lowest BCUT2D eigenvalue weighted by atomic mass is 9.80. The van der Waals surface area contributed by atoms with Crippen molar-refractivity contribution in [3.63, 3.8) is 0 Å². The average molecular weight is 1090 g/mol. The van der Waals surface area contributed by atoms with Crippen molar-refractivity contribution in [2.75, 3.05) is 40.5 Å². The van der Waals surface area contributed by atoms with E-state index in [9.17, 15) is 65.3 Å². The number of carbonyl (C=O) groups is 2. The first-order valence-electron chi connectivity index (χ1n) is 22.6. The van der Waals surface area contributed by atoms with Gasteiger partial charge in [-0.05, 0) is 41.0 Å². The summed E-state index contributed by atoms with van der Waals surface area (Å²) in [6.45, 7) is -1.58. The van der Waals surface area contributed by atoms with Gasteiger partial charge < -0.3 is 49.6 Å². The molecule has 6 atom stereocenters. The molecule has 7 N–H and O–H groups in total. The van der Waals surface area contributed by atoms with Crippen LogP contribution >= 0.6 is 0 Å². The zero-order valence-corrected chi connectivity index (χ0v) is 39.7. The standard InChI is InChI=1S/C35H34F3N3O8.C14H16F3N3O6.2CH4/c1-46-26-14-10-24(11-15-26)34(23-8-4-3-5-9-23,25-12-16-27(47-2)17-13-25)48-21-29-28(42)19-30(49-29)41-20-22(31(43)40-33(41)45)7-6-18-39-32(44)35(36,37)38;15-14(16,17)12(24)18-3-1-2-7-5-20(13(25)19-11(7)23)10-4-8(22)9(6-21)26-10;;/h3-17,20,28-30,42H,18-19,21H2,1-2H3,(H,39,44)(H,40,43,45);1-2,5,8-10,21-22H,3-4,6H2,(H,18,24)(H,19,23,25);2*1H4/b7-6+;2-1+;;. The monoisotopic (exact) mass is 1090 g/mol. The Morgan fingerprint density at radius 2 is 1.04 bits per heavy atom. The van der Waals surface area contributed by atoms with Crippen molar-refractivity contribution < 1.29 is 74.9 Å². The van der Waals surface area contributed by atoms with Gasteiger partial charge in [0.2, 0.25) is 0 Å². The first-order chi connectivity index (χ1) is 35.6. The number of amides is 2. The van der Waals surface area contributed by atoms with E-state index in [0.29, 0.717) is 11.5 Å². The summed E-state index contributed by atoms with van der Waals surface area (Å²) in [6.07, 6.45) is -9.11. The van der Waals surface area contributed by atoms with E-state index in [1.165, 1.54) is 6.20 Å². The van der Waals surface area contributed by atoms with Crippen LogP contribution in [0.3, 0.4) is 0 Å². The van der Waals surface area contributed by atoms with Crippen LogP contribution in [0.2, 0.25) is 0 Å². The van der Waals surface area contributed by atoms with Crippen LogP contribution in [0, 0.1) is 0 Å². The van der Waals surface area contributed by atoms with E-state index in [-0.39, 0.29) is 45.4 Å². The molecule has 418 valence electrons. The number of H-pyrrole nitrogens is 2. The van der Waals surface area contributed by atoms with E-state index in [1.54, 1.807) is 24.9 Å². The second kappa shape index (κ2) is 26.9. The molecule has 6 unspecified atom stereocenters. The quantitative estimate of drug-likeness (QED) is 0.0512. The number of nitrogens with zero attached hydrogens (tertiary/aromatic N) is 2. The Morgan fingerprint density at radius 1 is 0.649 bits per heavy atom. The molecular weight excluding hydrogens is 1030 g/mol. The average Bonchev–Trinajstić information content (AvgIpc) is 3.96. The summed E-state index contributed by atoms with van der Waals surface area (Å²) in [5, 5.41) is 33.1. The van der Waals surface area contributed by atoms with E-state index in [2.05, 4.69) is 4.98 Å². The van der Waals surface area contributed by atoms with E-state index < -0.39 is 109 Å². The number of nitrogens with one attached hydrogen (secondary N) is 4. The van der Waals surface area contributed by atoms with Gasteiger partial charge in [-0.1, -0.05) is 93.8 Å². The summed E-state index contributed by atoms with van der Waals surface area (Å²) in [7, 11) is 3.14. The predicted molar refractivity (Wildman–Crippen MR) is 267 cm³/mol. The summed E-state index contributed by atoms with van der Waals surface area (Å²) in [5.41, 5.74) is -2.27. The van der Waals surface area contributed by atoms with Gasteiger partial charge in [0, 0.05) is 38.3 Å². The van der Waals surface area contributed by atoms with Gasteiger partial charge >= 0.3 is 35.5 Å². The smallest absolute Gasteiger partial charge is 0.471 e. The van der Waals surface area contributed by atoms with Gasteiger partial charge in [-0.3, -0.25) is 38.3 Å². The molecule has 2 amide bonds. The number of aliphatic hydroxyl groups excluding tert-OH is 3. The molecular formula is C51H58F6N6O14. The number of aromatic nitrogens is 4. The molecule has 0 radical (unpaired) electrons. The molecule has 7 rings (SSSR count). The Kier molecular flexibility index (Phi) is 21.7. The van der Waals surface area contributed by atoms with E-state index >= 15 is 0 Å². The summed E-state index contributed by atoms with van der Waals surface area (Å²) >= 11 is 0. The van der Waals surface area contributed by atoms with Crippen molar-refractivity contribution in [1.82, 2.24) is 29.7 Å². The maximum atomic E-state index is 12.8. The molecule has 0 spiro atoms. The van der Waals surface area contributed by atoms with Crippen molar-refractivity contribution in [3.05, 3.63) is 173 Å². The molecule has 0 aliphatic carbocycles. The molecule has 20 nitrogen and oxygen atoms in total. The zero-order chi connectivity index (χ0) is 54.7. The third kappa shape index (κ3) is 15.3. The van der Waals surface area contributed by atoms with Crippen molar-refractivity contribution in [2.45, 2.75) is 82.5 Å². The Bertz CT molecular complexity index is 3000. The summed E-state index contributed by atoms with van der Waals surface area (Å²) < 4.78 is 105.